The highest BCUT2D eigenvalue weighted by atomic mass is 35.5. The predicted molar refractivity (Wildman–Crippen MR) is 138 cm³/mol. The van der Waals surface area contributed by atoms with Gasteiger partial charge in [0.25, 0.3) is 5.91 Å². The number of likely N-dealkylation sites (tertiary alicyclic amines) is 1. The van der Waals surface area contributed by atoms with Crippen LogP contribution >= 0.6 is 11.6 Å². The third-order valence-corrected chi connectivity index (χ3v) is 8.35. The molecule has 0 radical (unpaired) electrons. The number of anilines is 1. The van der Waals surface area contributed by atoms with E-state index in [-0.39, 0.29) is 25.0 Å². The van der Waals surface area contributed by atoms with Crippen LogP contribution in [0.25, 0.3) is 0 Å². The fourth-order valence-corrected chi connectivity index (χ4v) is 6.52. The lowest BCUT2D eigenvalue weighted by Crippen LogP contribution is -2.56. The van der Waals surface area contributed by atoms with E-state index in [1.807, 2.05) is 31.2 Å². The van der Waals surface area contributed by atoms with E-state index in [0.717, 1.165) is 0 Å². The van der Waals surface area contributed by atoms with E-state index in [0.29, 0.717) is 55.9 Å². The number of amides is 2. The van der Waals surface area contributed by atoms with Crippen LogP contribution in [0.1, 0.15) is 39.0 Å². The molecule has 0 bridgehead atoms. The van der Waals surface area contributed by atoms with Crippen LogP contribution in [0.5, 0.6) is 0 Å². The summed E-state index contributed by atoms with van der Waals surface area (Å²) in [5.41, 5.74) is -1.68. The van der Waals surface area contributed by atoms with Crippen molar-refractivity contribution in [2.75, 3.05) is 31.2 Å². The minimum absolute atomic E-state index is 0.0678. The highest BCUT2D eigenvalue weighted by molar-refractivity contribution is 6.30. The van der Waals surface area contributed by atoms with Crippen molar-refractivity contribution in [1.82, 2.24) is 4.90 Å². The summed E-state index contributed by atoms with van der Waals surface area (Å²) >= 11 is 6.09. The van der Waals surface area contributed by atoms with Gasteiger partial charge in [0, 0.05) is 30.4 Å². The van der Waals surface area contributed by atoms with Crippen molar-refractivity contribution in [2.45, 2.75) is 56.3 Å². The van der Waals surface area contributed by atoms with Gasteiger partial charge in [-0.1, -0.05) is 42.8 Å². The van der Waals surface area contributed by atoms with Gasteiger partial charge in [-0.15, -0.1) is 0 Å². The Kier molecular flexibility index (Phi) is 7.18. The SMILES string of the molecule is CC[C@@]12C=CCCOC(=O)[C@@H]1[C@H]1C(=O)N(CCCCCO)C3C(=O)N(c4ccc(Cl)cc4)CC=C[C@@]31O2. The standard InChI is InChI=1S/C28H33ClN2O6/c1-2-27-13-4-7-18-36-26(35)22(27)21-24(33)31(15-5-3-6-17-32)23-25(34)30(16-8-14-28(21,23)37-27)20-11-9-19(29)10-12-20/h4,8-14,21-23,32H,2-3,5-7,15-18H2,1H3/t21-,22-,23?,27+,28-/m0/s1. The average molecular weight is 529 g/mol. The number of aliphatic hydroxyl groups is 1. The average Bonchev–Trinajstić information content (AvgIpc) is 3.23. The molecule has 0 aromatic heterocycles. The van der Waals surface area contributed by atoms with Crippen molar-refractivity contribution in [1.29, 1.82) is 0 Å². The minimum atomic E-state index is -1.30. The topological polar surface area (TPSA) is 96.4 Å². The van der Waals surface area contributed by atoms with Gasteiger partial charge in [-0.2, -0.15) is 0 Å². The Labute approximate surface area is 221 Å². The van der Waals surface area contributed by atoms with Gasteiger partial charge in [-0.05, 0) is 56.4 Å². The number of halogens is 1. The molecule has 2 saturated heterocycles. The highest BCUT2D eigenvalue weighted by Gasteiger charge is 2.75. The molecule has 5 atom stereocenters. The number of hydrogen-bond acceptors (Lipinski definition) is 6. The Morgan fingerprint density at radius 3 is 2.54 bits per heavy atom. The first-order valence-corrected chi connectivity index (χ1v) is 13.5. The van der Waals surface area contributed by atoms with Crippen molar-refractivity contribution in [3.05, 3.63) is 53.6 Å². The largest absolute Gasteiger partial charge is 0.465 e. The monoisotopic (exact) mass is 528 g/mol. The maximum absolute atomic E-state index is 14.3. The van der Waals surface area contributed by atoms with Gasteiger partial charge in [0.15, 0.2) is 0 Å². The number of carbonyl (C=O) groups excluding carboxylic acids is 3. The molecule has 1 unspecified atom stereocenters. The maximum Gasteiger partial charge on any atom is 0.313 e. The molecule has 9 heteroatoms. The summed E-state index contributed by atoms with van der Waals surface area (Å²) in [4.78, 5) is 45.1. The van der Waals surface area contributed by atoms with Crippen LogP contribution in [0.2, 0.25) is 5.02 Å². The fourth-order valence-electron chi connectivity index (χ4n) is 6.39. The second-order valence-corrected chi connectivity index (χ2v) is 10.6. The van der Waals surface area contributed by atoms with Crippen molar-refractivity contribution < 1.29 is 29.0 Å². The van der Waals surface area contributed by atoms with Crippen LogP contribution in [0.15, 0.2) is 48.6 Å². The molecule has 4 aliphatic heterocycles. The number of unbranched alkanes of at least 4 members (excludes halogenated alkanes) is 2. The molecule has 1 aromatic rings. The Hall–Kier alpha value is -2.68. The number of ether oxygens (including phenoxy) is 2. The number of fused-ring (bicyclic) bond motifs is 2. The minimum Gasteiger partial charge on any atom is -0.465 e. The Morgan fingerprint density at radius 1 is 1.03 bits per heavy atom. The van der Waals surface area contributed by atoms with Gasteiger partial charge in [0.2, 0.25) is 5.91 Å². The molecule has 37 heavy (non-hydrogen) atoms. The molecule has 1 aromatic carbocycles. The predicted octanol–water partition coefficient (Wildman–Crippen LogP) is 3.27. The molecule has 1 spiro atoms. The lowest BCUT2D eigenvalue weighted by Gasteiger charge is -2.38. The lowest BCUT2D eigenvalue weighted by atomic mass is 9.73. The molecule has 0 aliphatic carbocycles. The quantitative estimate of drug-likeness (QED) is 0.331. The first-order chi connectivity index (χ1) is 17.9. The number of carbonyl (C=O) groups is 3. The van der Waals surface area contributed by atoms with E-state index < -0.39 is 35.0 Å². The smallest absolute Gasteiger partial charge is 0.313 e. The Balaban J connectivity index is 1.61. The second-order valence-electron chi connectivity index (χ2n) is 10.1. The fraction of sp³-hybridized carbons (Fsp3) is 0.536. The molecule has 2 amide bonds. The van der Waals surface area contributed by atoms with Crippen LogP contribution in [0, 0.1) is 11.8 Å². The summed E-state index contributed by atoms with van der Waals surface area (Å²) in [5.74, 6) is -2.72. The summed E-state index contributed by atoms with van der Waals surface area (Å²) in [5, 5.41) is 9.77. The molecule has 198 valence electrons. The Morgan fingerprint density at radius 2 is 1.81 bits per heavy atom. The first-order valence-electron chi connectivity index (χ1n) is 13.1. The molecular weight excluding hydrogens is 496 g/mol. The zero-order valence-corrected chi connectivity index (χ0v) is 21.7. The third-order valence-electron chi connectivity index (χ3n) is 8.10. The molecule has 4 aliphatic rings. The van der Waals surface area contributed by atoms with Crippen LogP contribution in [-0.4, -0.2) is 71.3 Å². The van der Waals surface area contributed by atoms with E-state index in [4.69, 9.17) is 21.1 Å². The summed E-state index contributed by atoms with van der Waals surface area (Å²) in [6.45, 7) is 2.87. The van der Waals surface area contributed by atoms with Crippen LogP contribution in [0.3, 0.4) is 0 Å². The number of benzene rings is 1. The zero-order chi connectivity index (χ0) is 26.2. The third kappa shape index (κ3) is 4.19. The van der Waals surface area contributed by atoms with Gasteiger partial charge in [0.1, 0.15) is 23.2 Å². The molecular formula is C28H33ClN2O6. The van der Waals surface area contributed by atoms with Gasteiger partial charge in [-0.3, -0.25) is 14.4 Å². The highest BCUT2D eigenvalue weighted by Crippen LogP contribution is 2.58. The molecule has 0 saturated carbocycles. The summed E-state index contributed by atoms with van der Waals surface area (Å²) in [6.07, 6.45) is 10.5. The normalized spacial score (nSPS) is 32.9. The van der Waals surface area contributed by atoms with Crippen molar-refractivity contribution in [3.63, 3.8) is 0 Å². The van der Waals surface area contributed by atoms with Gasteiger partial charge >= 0.3 is 5.97 Å². The van der Waals surface area contributed by atoms with Gasteiger partial charge in [0.05, 0.1) is 12.5 Å². The summed E-state index contributed by atoms with van der Waals surface area (Å²) in [7, 11) is 0. The number of rotatable bonds is 7. The number of nitrogens with zero attached hydrogens (tertiary/aromatic N) is 2. The number of cyclic esters (lactones) is 1. The molecule has 1 N–H and O–H groups in total. The number of aliphatic hydroxyl groups excluding tert-OH is 1. The number of hydrogen-bond donors (Lipinski definition) is 1. The van der Waals surface area contributed by atoms with E-state index in [9.17, 15) is 19.5 Å². The summed E-state index contributed by atoms with van der Waals surface area (Å²) < 4.78 is 12.4. The zero-order valence-electron chi connectivity index (χ0n) is 21.0. The molecule has 8 nitrogen and oxygen atoms in total. The lowest BCUT2D eigenvalue weighted by molar-refractivity contribution is -0.160. The van der Waals surface area contributed by atoms with E-state index >= 15 is 0 Å². The second kappa shape index (κ2) is 10.2. The van der Waals surface area contributed by atoms with Crippen LogP contribution in [0.4, 0.5) is 5.69 Å². The summed E-state index contributed by atoms with van der Waals surface area (Å²) in [6, 6.07) is 6.08. The first kappa shape index (κ1) is 25.9. The van der Waals surface area contributed by atoms with Gasteiger partial charge in [-0.25, -0.2) is 0 Å². The molecule has 4 heterocycles. The van der Waals surface area contributed by atoms with E-state index in [1.54, 1.807) is 34.1 Å². The van der Waals surface area contributed by atoms with Crippen LogP contribution < -0.4 is 4.90 Å². The van der Waals surface area contributed by atoms with Gasteiger partial charge < -0.3 is 24.4 Å². The van der Waals surface area contributed by atoms with Crippen LogP contribution in [-0.2, 0) is 23.9 Å². The Bertz CT molecular complexity index is 1120. The van der Waals surface area contributed by atoms with Crippen molar-refractivity contribution in [2.24, 2.45) is 11.8 Å². The number of esters is 1. The molecule has 5 rings (SSSR count). The van der Waals surface area contributed by atoms with E-state index in [2.05, 4.69) is 0 Å². The van der Waals surface area contributed by atoms with Crippen molar-refractivity contribution in [3.8, 4) is 0 Å². The molecule has 2 fully saturated rings. The van der Waals surface area contributed by atoms with Crippen molar-refractivity contribution >= 4 is 35.1 Å². The van der Waals surface area contributed by atoms with E-state index in [1.165, 1.54) is 0 Å². The maximum atomic E-state index is 14.3.